The summed E-state index contributed by atoms with van der Waals surface area (Å²) in [5.74, 6) is 0.286. The van der Waals surface area contributed by atoms with Crippen molar-refractivity contribution in [3.8, 4) is 0 Å². The number of pyridine rings is 1. The van der Waals surface area contributed by atoms with E-state index in [0.29, 0.717) is 5.02 Å². The second-order valence-electron chi connectivity index (χ2n) is 4.89. The lowest BCUT2D eigenvalue weighted by Gasteiger charge is -2.20. The van der Waals surface area contributed by atoms with Crippen LogP contribution in [0.2, 0.25) is 5.02 Å². The van der Waals surface area contributed by atoms with Crippen molar-refractivity contribution in [1.82, 2.24) is 4.98 Å². The molecule has 3 rings (SSSR count). The maximum absolute atomic E-state index is 6.42. The summed E-state index contributed by atoms with van der Waals surface area (Å²) < 4.78 is 0.898. The van der Waals surface area contributed by atoms with Crippen molar-refractivity contribution in [3.63, 3.8) is 0 Å². The van der Waals surface area contributed by atoms with Crippen molar-refractivity contribution in [1.29, 1.82) is 0 Å². The third-order valence-electron chi connectivity index (χ3n) is 3.76. The largest absolute Gasteiger partial charge is 0.323 e. The second-order valence-corrected chi connectivity index (χ2v) is 6.15. The number of benzene rings is 1. The fourth-order valence-electron chi connectivity index (χ4n) is 2.75. The van der Waals surface area contributed by atoms with E-state index in [1.807, 2.05) is 30.5 Å². The molecule has 1 aliphatic rings. The van der Waals surface area contributed by atoms with Gasteiger partial charge in [-0.15, -0.1) is 0 Å². The third-order valence-corrected chi connectivity index (χ3v) is 5.00. The first-order valence-electron chi connectivity index (χ1n) is 6.31. The molecule has 19 heavy (non-hydrogen) atoms. The lowest BCUT2D eigenvalue weighted by molar-refractivity contribution is 0.541. The van der Waals surface area contributed by atoms with E-state index in [9.17, 15) is 0 Å². The summed E-state index contributed by atoms with van der Waals surface area (Å²) in [6.45, 7) is 0. The van der Waals surface area contributed by atoms with Gasteiger partial charge in [-0.2, -0.15) is 0 Å². The highest BCUT2D eigenvalue weighted by Crippen LogP contribution is 2.40. The van der Waals surface area contributed by atoms with Crippen LogP contribution in [0.25, 0.3) is 0 Å². The average molecular weight is 338 g/mol. The van der Waals surface area contributed by atoms with Crippen LogP contribution >= 0.6 is 27.5 Å². The van der Waals surface area contributed by atoms with E-state index in [-0.39, 0.29) is 12.0 Å². The Hall–Kier alpha value is -0.900. The van der Waals surface area contributed by atoms with Crippen molar-refractivity contribution in [2.45, 2.75) is 24.8 Å². The van der Waals surface area contributed by atoms with Crippen LogP contribution in [0.4, 0.5) is 0 Å². The van der Waals surface area contributed by atoms with Gasteiger partial charge < -0.3 is 5.73 Å². The molecule has 1 aromatic heterocycles. The van der Waals surface area contributed by atoms with E-state index in [4.69, 9.17) is 17.3 Å². The normalized spacial score (nSPS) is 19.2. The zero-order valence-electron chi connectivity index (χ0n) is 10.3. The van der Waals surface area contributed by atoms with Crippen LogP contribution in [-0.2, 0) is 6.42 Å². The van der Waals surface area contributed by atoms with Crippen molar-refractivity contribution < 1.29 is 0 Å². The molecule has 2 atom stereocenters. The van der Waals surface area contributed by atoms with Crippen LogP contribution in [0.5, 0.6) is 0 Å². The molecule has 0 amide bonds. The topological polar surface area (TPSA) is 38.9 Å². The number of hydrogen-bond donors (Lipinski definition) is 1. The number of hydrogen-bond acceptors (Lipinski definition) is 2. The first-order chi connectivity index (χ1) is 9.16. The van der Waals surface area contributed by atoms with Gasteiger partial charge in [0.05, 0.1) is 5.02 Å². The summed E-state index contributed by atoms with van der Waals surface area (Å²) >= 11 is 9.55. The Labute approximate surface area is 126 Å². The van der Waals surface area contributed by atoms with Gasteiger partial charge in [-0.25, -0.2) is 0 Å². The molecule has 0 aliphatic heterocycles. The number of rotatable bonds is 2. The number of fused-ring (bicyclic) bond motifs is 1. The van der Waals surface area contributed by atoms with Crippen LogP contribution < -0.4 is 5.73 Å². The molecular formula is C15H14BrClN2. The van der Waals surface area contributed by atoms with Crippen molar-refractivity contribution in [3.05, 3.63) is 62.8 Å². The second kappa shape index (κ2) is 5.23. The van der Waals surface area contributed by atoms with E-state index in [1.165, 1.54) is 5.56 Å². The molecule has 0 spiro atoms. The lowest BCUT2D eigenvalue weighted by atomic mass is 9.91. The van der Waals surface area contributed by atoms with Gasteiger partial charge in [0.15, 0.2) is 0 Å². The Morgan fingerprint density at radius 3 is 3.00 bits per heavy atom. The minimum absolute atomic E-state index is 0.0539. The van der Waals surface area contributed by atoms with Crippen LogP contribution in [-0.4, -0.2) is 4.98 Å². The van der Waals surface area contributed by atoms with Crippen molar-refractivity contribution in [2.75, 3.05) is 0 Å². The molecule has 2 aromatic rings. The highest BCUT2D eigenvalue weighted by atomic mass is 79.9. The zero-order valence-corrected chi connectivity index (χ0v) is 12.7. The van der Waals surface area contributed by atoms with Gasteiger partial charge in [0.25, 0.3) is 0 Å². The molecule has 0 bridgehead atoms. The summed E-state index contributed by atoms with van der Waals surface area (Å²) in [4.78, 5) is 4.51. The number of aryl methyl sites for hydroxylation is 1. The Kier molecular flexibility index (Phi) is 3.61. The van der Waals surface area contributed by atoms with Gasteiger partial charge in [0.1, 0.15) is 0 Å². The lowest BCUT2D eigenvalue weighted by Crippen LogP contribution is -2.18. The molecule has 0 fully saturated rings. The predicted octanol–water partition coefficient (Wildman–Crippen LogP) is 4.23. The summed E-state index contributed by atoms with van der Waals surface area (Å²) in [6.07, 6.45) is 3.96. The van der Waals surface area contributed by atoms with Crippen LogP contribution in [0.3, 0.4) is 0 Å². The molecule has 0 radical (unpaired) electrons. The molecule has 1 aromatic carbocycles. The fourth-order valence-corrected chi connectivity index (χ4v) is 3.18. The maximum atomic E-state index is 6.42. The first kappa shape index (κ1) is 13.1. The predicted molar refractivity (Wildman–Crippen MR) is 81.4 cm³/mol. The molecule has 1 aliphatic carbocycles. The molecule has 2 N–H and O–H groups in total. The van der Waals surface area contributed by atoms with E-state index in [1.54, 1.807) is 0 Å². The van der Waals surface area contributed by atoms with Gasteiger partial charge in [0, 0.05) is 28.3 Å². The van der Waals surface area contributed by atoms with Gasteiger partial charge in [0.2, 0.25) is 0 Å². The smallest absolute Gasteiger partial charge is 0.0551 e. The first-order valence-corrected chi connectivity index (χ1v) is 7.48. The molecule has 0 saturated carbocycles. The number of nitrogens with zero attached hydrogens (tertiary/aromatic N) is 1. The molecule has 98 valence electrons. The average Bonchev–Trinajstić information content (AvgIpc) is 2.85. The number of nitrogens with two attached hydrogens (primary N) is 1. The van der Waals surface area contributed by atoms with Gasteiger partial charge in [-0.3, -0.25) is 4.98 Å². The quantitative estimate of drug-likeness (QED) is 0.891. The Morgan fingerprint density at radius 2 is 2.21 bits per heavy atom. The van der Waals surface area contributed by atoms with E-state index in [2.05, 4.69) is 27.0 Å². The van der Waals surface area contributed by atoms with E-state index >= 15 is 0 Å². The van der Waals surface area contributed by atoms with E-state index in [0.717, 1.165) is 28.6 Å². The number of aromatic nitrogens is 1. The SMILES string of the molecule is NC(c1ccc(Br)c(Cl)c1)C1CCc2cccnc21. The van der Waals surface area contributed by atoms with Gasteiger partial charge >= 0.3 is 0 Å². The Bertz CT molecular complexity index is 615. The summed E-state index contributed by atoms with van der Waals surface area (Å²) in [6, 6.07) is 10.00. The molecular weight excluding hydrogens is 324 g/mol. The minimum Gasteiger partial charge on any atom is -0.323 e. The monoisotopic (exact) mass is 336 g/mol. The Morgan fingerprint density at radius 1 is 1.37 bits per heavy atom. The minimum atomic E-state index is -0.0539. The van der Waals surface area contributed by atoms with Crippen molar-refractivity contribution in [2.24, 2.45) is 5.73 Å². The summed E-state index contributed by atoms with van der Waals surface area (Å²) in [7, 11) is 0. The molecule has 2 nitrogen and oxygen atoms in total. The number of halogens is 2. The van der Waals surface area contributed by atoms with Crippen molar-refractivity contribution >= 4 is 27.5 Å². The summed E-state index contributed by atoms with van der Waals surface area (Å²) in [5, 5.41) is 0.701. The highest BCUT2D eigenvalue weighted by molar-refractivity contribution is 9.10. The van der Waals surface area contributed by atoms with E-state index < -0.39 is 0 Å². The molecule has 2 unspecified atom stereocenters. The molecule has 4 heteroatoms. The highest BCUT2D eigenvalue weighted by Gasteiger charge is 2.29. The van der Waals surface area contributed by atoms with Gasteiger partial charge in [-0.1, -0.05) is 23.7 Å². The third kappa shape index (κ3) is 2.42. The molecule has 0 saturated heterocycles. The zero-order chi connectivity index (χ0) is 13.4. The van der Waals surface area contributed by atoms with Crippen LogP contribution in [0, 0.1) is 0 Å². The maximum Gasteiger partial charge on any atom is 0.0551 e. The van der Waals surface area contributed by atoms with Crippen LogP contribution in [0.1, 0.15) is 35.2 Å². The van der Waals surface area contributed by atoms with Gasteiger partial charge in [-0.05, 0) is 58.1 Å². The Balaban J connectivity index is 1.93. The fraction of sp³-hybridized carbons (Fsp3) is 0.267. The summed E-state index contributed by atoms with van der Waals surface area (Å²) in [5.41, 5.74) is 9.96. The van der Waals surface area contributed by atoms with Crippen LogP contribution in [0.15, 0.2) is 41.0 Å². The standard InChI is InChI=1S/C15H14BrClN2/c16-12-6-4-10(8-13(12)17)14(18)11-5-3-9-2-1-7-19-15(9)11/h1-2,4,6-8,11,14H,3,5,18H2. The molecule has 1 heterocycles.